The van der Waals surface area contributed by atoms with Crippen molar-refractivity contribution >= 4 is 5.97 Å². The highest BCUT2D eigenvalue weighted by atomic mass is 16.5. The normalized spacial score (nSPS) is 7.87. The highest BCUT2D eigenvalue weighted by Crippen LogP contribution is 2.08. The fraction of sp³-hybridized carbons (Fsp3) is 0.583. The summed E-state index contributed by atoms with van der Waals surface area (Å²) in [5.74, 6) is 0.638. The van der Waals surface area contributed by atoms with Crippen molar-refractivity contribution in [2.75, 3.05) is 7.11 Å². The molecular weight excluding hydrogens is 192 g/mol. The number of aryl methyl sites for hydroxylation is 1. The number of esters is 1. The summed E-state index contributed by atoms with van der Waals surface area (Å²) in [6.45, 7) is 9.96. The van der Waals surface area contributed by atoms with Gasteiger partial charge in [0.2, 0.25) is 5.76 Å². The van der Waals surface area contributed by atoms with Crippen LogP contribution in [0.2, 0.25) is 0 Å². The van der Waals surface area contributed by atoms with Crippen LogP contribution in [0.1, 0.15) is 50.9 Å². The fourth-order valence-corrected chi connectivity index (χ4v) is 0.778. The predicted octanol–water partition coefficient (Wildman–Crippen LogP) is 3.68. The molecule has 1 rings (SSSR count). The Kier molecular flexibility index (Phi) is 11.7. The number of carbonyl (C=O) groups is 1. The van der Waals surface area contributed by atoms with Crippen LogP contribution in [0, 0.1) is 0 Å². The second kappa shape index (κ2) is 10.8. The van der Waals surface area contributed by atoms with Gasteiger partial charge in [-0.25, -0.2) is 4.79 Å². The Bertz CT molecular complexity index is 251. The first-order chi connectivity index (χ1) is 7.27. The largest absolute Gasteiger partial charge is 0.463 e. The third kappa shape index (κ3) is 5.94. The predicted molar refractivity (Wildman–Crippen MR) is 62.1 cm³/mol. The summed E-state index contributed by atoms with van der Waals surface area (Å²) in [7, 11) is 1.33. The first-order valence-electron chi connectivity index (χ1n) is 5.45. The summed E-state index contributed by atoms with van der Waals surface area (Å²) < 4.78 is 9.57. The Morgan fingerprint density at radius 1 is 1.27 bits per heavy atom. The van der Waals surface area contributed by atoms with Crippen molar-refractivity contribution in [3.05, 3.63) is 23.7 Å². The summed E-state index contributed by atoms with van der Waals surface area (Å²) >= 11 is 0. The quantitative estimate of drug-likeness (QED) is 0.705. The van der Waals surface area contributed by atoms with E-state index in [1.54, 1.807) is 12.1 Å². The maximum Gasteiger partial charge on any atom is 0.373 e. The molecule has 0 spiro atoms. The van der Waals surface area contributed by atoms with E-state index in [2.05, 4.69) is 4.74 Å². The molecule has 1 aromatic heterocycles. The third-order valence-corrected chi connectivity index (χ3v) is 1.40. The lowest BCUT2D eigenvalue weighted by Crippen LogP contribution is -1.98. The number of furan rings is 1. The molecule has 0 aliphatic carbocycles. The fourth-order valence-electron chi connectivity index (χ4n) is 0.778. The minimum Gasteiger partial charge on any atom is -0.463 e. The average molecular weight is 214 g/mol. The molecule has 1 heterocycles. The summed E-state index contributed by atoms with van der Waals surface area (Å²) in [5.41, 5.74) is 0. The molecule has 0 saturated carbocycles. The van der Waals surface area contributed by atoms with Gasteiger partial charge in [-0.3, -0.25) is 0 Å². The van der Waals surface area contributed by atoms with Gasteiger partial charge in [0.1, 0.15) is 5.76 Å². The lowest BCUT2D eigenvalue weighted by atomic mass is 10.4. The summed E-state index contributed by atoms with van der Waals surface area (Å²) in [5, 5.41) is 0. The van der Waals surface area contributed by atoms with Gasteiger partial charge in [0.25, 0.3) is 0 Å². The average Bonchev–Trinajstić information content (AvgIpc) is 2.82. The maximum atomic E-state index is 10.8. The monoisotopic (exact) mass is 214 g/mol. The molecule has 0 saturated heterocycles. The lowest BCUT2D eigenvalue weighted by Gasteiger charge is -1.92. The minimum atomic E-state index is -0.426. The van der Waals surface area contributed by atoms with E-state index in [0.29, 0.717) is 0 Å². The summed E-state index contributed by atoms with van der Waals surface area (Å²) in [4.78, 5) is 10.8. The number of rotatable bonds is 2. The zero-order valence-corrected chi connectivity index (χ0v) is 10.6. The van der Waals surface area contributed by atoms with Crippen molar-refractivity contribution in [3.63, 3.8) is 0 Å². The van der Waals surface area contributed by atoms with Crippen LogP contribution >= 0.6 is 0 Å². The highest BCUT2D eigenvalue weighted by molar-refractivity contribution is 5.86. The molecule has 88 valence electrons. The molecule has 3 heteroatoms. The lowest BCUT2D eigenvalue weighted by molar-refractivity contribution is 0.0563. The SMILES string of the molecule is CC.CC.CCc1ccc(C(=O)OC)o1. The molecule has 0 N–H and O–H groups in total. The van der Waals surface area contributed by atoms with E-state index in [0.717, 1.165) is 12.2 Å². The van der Waals surface area contributed by atoms with Crippen LogP contribution < -0.4 is 0 Å². The van der Waals surface area contributed by atoms with Crippen LogP contribution in [0.25, 0.3) is 0 Å². The Hall–Kier alpha value is -1.25. The molecular formula is C12H22O3. The molecule has 0 unspecified atom stereocenters. The van der Waals surface area contributed by atoms with Crippen molar-refractivity contribution in [1.82, 2.24) is 0 Å². The molecule has 0 aliphatic rings. The number of methoxy groups -OCH3 is 1. The van der Waals surface area contributed by atoms with E-state index >= 15 is 0 Å². The molecule has 1 aromatic rings. The summed E-state index contributed by atoms with van der Waals surface area (Å²) in [6, 6.07) is 3.39. The molecule has 0 aromatic carbocycles. The van der Waals surface area contributed by atoms with Crippen LogP contribution in [-0.4, -0.2) is 13.1 Å². The Balaban J connectivity index is 0. The van der Waals surface area contributed by atoms with Crippen molar-refractivity contribution < 1.29 is 13.9 Å². The van der Waals surface area contributed by atoms with Crippen molar-refractivity contribution in [1.29, 1.82) is 0 Å². The van der Waals surface area contributed by atoms with E-state index < -0.39 is 5.97 Å². The Morgan fingerprint density at radius 3 is 2.13 bits per heavy atom. The van der Waals surface area contributed by atoms with Crippen LogP contribution in [0.5, 0.6) is 0 Å². The van der Waals surface area contributed by atoms with Gasteiger partial charge >= 0.3 is 5.97 Å². The van der Waals surface area contributed by atoms with E-state index in [4.69, 9.17) is 4.42 Å². The van der Waals surface area contributed by atoms with Crippen LogP contribution in [0.3, 0.4) is 0 Å². The van der Waals surface area contributed by atoms with Gasteiger partial charge in [0, 0.05) is 6.42 Å². The number of hydrogen-bond donors (Lipinski definition) is 0. The number of carbonyl (C=O) groups excluding carboxylic acids is 1. The van der Waals surface area contributed by atoms with Gasteiger partial charge in [0.05, 0.1) is 7.11 Å². The Morgan fingerprint density at radius 2 is 1.80 bits per heavy atom. The van der Waals surface area contributed by atoms with Crippen LogP contribution in [0.4, 0.5) is 0 Å². The van der Waals surface area contributed by atoms with Gasteiger partial charge < -0.3 is 9.15 Å². The second-order valence-corrected chi connectivity index (χ2v) is 2.11. The maximum absolute atomic E-state index is 10.8. The van der Waals surface area contributed by atoms with Crippen molar-refractivity contribution in [2.24, 2.45) is 0 Å². The van der Waals surface area contributed by atoms with E-state index in [-0.39, 0.29) is 5.76 Å². The van der Waals surface area contributed by atoms with Crippen LogP contribution in [-0.2, 0) is 11.2 Å². The van der Waals surface area contributed by atoms with Gasteiger partial charge in [-0.1, -0.05) is 34.6 Å². The van der Waals surface area contributed by atoms with Crippen molar-refractivity contribution in [3.8, 4) is 0 Å². The first kappa shape index (κ1) is 16.2. The van der Waals surface area contributed by atoms with E-state index in [1.165, 1.54) is 7.11 Å². The molecule has 0 atom stereocenters. The van der Waals surface area contributed by atoms with E-state index in [1.807, 2.05) is 34.6 Å². The molecule has 0 bridgehead atoms. The zero-order valence-electron chi connectivity index (χ0n) is 10.6. The molecule has 15 heavy (non-hydrogen) atoms. The van der Waals surface area contributed by atoms with Crippen LogP contribution in [0.15, 0.2) is 16.5 Å². The third-order valence-electron chi connectivity index (χ3n) is 1.40. The highest BCUT2D eigenvalue weighted by Gasteiger charge is 2.09. The topological polar surface area (TPSA) is 39.4 Å². The first-order valence-corrected chi connectivity index (χ1v) is 5.45. The zero-order chi connectivity index (χ0) is 12.3. The van der Waals surface area contributed by atoms with Gasteiger partial charge in [-0.15, -0.1) is 0 Å². The molecule has 0 aliphatic heterocycles. The number of ether oxygens (including phenoxy) is 1. The Labute approximate surface area is 92.4 Å². The van der Waals surface area contributed by atoms with Crippen molar-refractivity contribution in [2.45, 2.75) is 41.0 Å². The van der Waals surface area contributed by atoms with Gasteiger partial charge in [0.15, 0.2) is 0 Å². The minimum absolute atomic E-state index is 0.268. The molecule has 0 radical (unpaired) electrons. The smallest absolute Gasteiger partial charge is 0.373 e. The van der Waals surface area contributed by atoms with E-state index in [9.17, 15) is 4.79 Å². The van der Waals surface area contributed by atoms with Gasteiger partial charge in [-0.2, -0.15) is 0 Å². The molecule has 0 amide bonds. The molecule has 0 fully saturated rings. The standard InChI is InChI=1S/C8H10O3.2C2H6/c1-3-6-4-5-7(11-6)8(9)10-2;2*1-2/h4-5H,3H2,1-2H3;2*1-2H3. The number of hydrogen-bond acceptors (Lipinski definition) is 3. The summed E-state index contributed by atoms with van der Waals surface area (Å²) in [6.07, 6.45) is 0.789. The second-order valence-electron chi connectivity index (χ2n) is 2.11. The van der Waals surface area contributed by atoms with Gasteiger partial charge in [-0.05, 0) is 12.1 Å². The molecule has 3 nitrogen and oxygen atoms in total.